The summed E-state index contributed by atoms with van der Waals surface area (Å²) in [4.78, 5) is 180. The number of allylic oxidation sites excluding steroid dienone is 10. The largest absolute Gasteiger partial charge is 0.466 e. The Hall–Kier alpha value is -15.8. The van der Waals surface area contributed by atoms with Crippen LogP contribution in [0.25, 0.3) is 0 Å². The van der Waals surface area contributed by atoms with Crippen molar-refractivity contribution in [1.82, 2.24) is 26.6 Å². The van der Waals surface area contributed by atoms with Crippen molar-refractivity contribution in [2.45, 2.75) is 160 Å². The molecule has 4 atom stereocenters. The van der Waals surface area contributed by atoms with Gasteiger partial charge in [-0.15, -0.1) is 0 Å². The molecule has 5 heterocycles. The van der Waals surface area contributed by atoms with Crippen molar-refractivity contribution in [3.05, 3.63) is 312 Å². The Bertz CT molecular complexity index is 5860. The van der Waals surface area contributed by atoms with Crippen LogP contribution < -0.4 is 26.6 Å². The molecule has 4 unspecified atom stereocenters. The number of rotatable bonds is 28. The summed E-state index contributed by atoms with van der Waals surface area (Å²) in [6.07, 6.45) is -0.746. The molecule has 726 valence electrons. The second-order valence-corrected chi connectivity index (χ2v) is 31.6. The van der Waals surface area contributed by atoms with Crippen LogP contribution in [0.15, 0.2) is 234 Å². The van der Waals surface area contributed by atoms with E-state index < -0.39 is 114 Å². The molecule has 136 heavy (non-hydrogen) atoms. The number of ether oxygens (including phenoxy) is 11. The maximum atomic E-state index is 12.9. The van der Waals surface area contributed by atoms with E-state index in [1.54, 1.807) is 134 Å². The second-order valence-electron chi connectivity index (χ2n) is 31.6. The average Bonchev–Trinajstić information content (AvgIpc) is 0.786. The predicted octanol–water partition coefficient (Wildman–Crippen LogP) is 13.9. The number of carbonyl (C=O) groups excluding carboxylic acids is 10. The number of hydrogen-bond acceptors (Lipinski definition) is 36. The SMILES string of the molecule is CCOC(=O)C1=C(C)NC(C)=C(C(=O)OC)C1c1cccc([N+](=O)[O-])c1.COC(=O)C1=C(C)NC(C)=C(C(=O)OC(C)C)C1c1cccc([N+](=O)[O-])c1.COC(=O)C1=C(C)NC(C)=C(C(=O)OC)C1c1ccccc1[N+](=O)[O-].COC(=O)C1=C(C)NC(C)=C(C(=O)OCC(C)C)C1c1ccccc1[N+](=O)[O-].COCCOC(=O)C1=C(C)NC(C)=C(C(=O)OC(C)C)C1c1cccc([N+](=O)[O-])c1. The number of nitrogens with one attached hydrogen (secondary N) is 5. The molecule has 0 aliphatic carbocycles. The highest BCUT2D eigenvalue weighted by Crippen LogP contribution is 2.48. The quantitative estimate of drug-likeness (QED) is 0.0102. The smallest absolute Gasteiger partial charge is 0.337 e. The van der Waals surface area contributed by atoms with Gasteiger partial charge in [-0.2, -0.15) is 0 Å². The lowest BCUT2D eigenvalue weighted by atomic mass is 9.79. The predicted molar refractivity (Wildman–Crippen MR) is 490 cm³/mol. The lowest BCUT2D eigenvalue weighted by Gasteiger charge is -2.30. The number of benzene rings is 5. The van der Waals surface area contributed by atoms with Gasteiger partial charge in [-0.05, 0) is 126 Å². The molecule has 5 aliphatic rings. The van der Waals surface area contributed by atoms with Gasteiger partial charge in [0.05, 0.1) is 178 Å². The summed E-state index contributed by atoms with van der Waals surface area (Å²) in [7, 11) is 7.61. The third-order valence-corrected chi connectivity index (χ3v) is 21.1. The number of hydrogen-bond donors (Lipinski definition) is 5. The lowest BCUT2D eigenvalue weighted by Crippen LogP contribution is -2.33. The number of esters is 10. The fourth-order valence-electron chi connectivity index (χ4n) is 15.5. The molecule has 5 aromatic rings. The van der Waals surface area contributed by atoms with Crippen LogP contribution in [-0.4, -0.2) is 166 Å². The molecule has 10 rings (SSSR count). The lowest BCUT2D eigenvalue weighted by molar-refractivity contribution is -0.385. The zero-order chi connectivity index (χ0) is 102. The summed E-state index contributed by atoms with van der Waals surface area (Å²) in [6.45, 7) is 29.7. The van der Waals surface area contributed by atoms with Crippen LogP contribution in [0.5, 0.6) is 0 Å². The Balaban J connectivity index is 0.000000261. The monoisotopic (exact) mass is 1890 g/mol. The fourth-order valence-corrected chi connectivity index (χ4v) is 15.5. The topological polar surface area (TPSA) is 548 Å². The molecule has 0 aromatic heterocycles. The Kier molecular flexibility index (Phi) is 39.7. The van der Waals surface area contributed by atoms with Gasteiger partial charge in [-0.25, -0.2) is 47.9 Å². The number of nitrogens with zero attached hydrogens (tertiary/aromatic N) is 5. The number of methoxy groups -OCH3 is 6. The normalized spacial score (nSPS) is 16.4. The molecule has 41 nitrogen and oxygen atoms in total. The number of non-ortho nitro benzene ring substituents is 3. The molecule has 5 N–H and O–H groups in total. The number of nitro groups is 5. The van der Waals surface area contributed by atoms with Crippen molar-refractivity contribution >= 4 is 88.1 Å². The van der Waals surface area contributed by atoms with E-state index in [4.69, 9.17) is 52.1 Å². The molecular weight excluding hydrogens is 1780 g/mol. The molecule has 0 amide bonds. The van der Waals surface area contributed by atoms with Crippen molar-refractivity contribution in [1.29, 1.82) is 0 Å². The Morgan fingerprint density at radius 1 is 0.301 bits per heavy atom. The van der Waals surface area contributed by atoms with Crippen molar-refractivity contribution in [3.8, 4) is 0 Å². The van der Waals surface area contributed by atoms with E-state index in [1.807, 2.05) is 13.8 Å². The fraction of sp³-hybridized carbons (Fsp3) is 0.368. The number of nitro benzene ring substituents is 5. The van der Waals surface area contributed by atoms with Gasteiger partial charge in [-0.3, -0.25) is 50.6 Å². The molecule has 0 spiro atoms. The average molecular weight is 1890 g/mol. The van der Waals surface area contributed by atoms with E-state index in [2.05, 4.69) is 26.6 Å². The Morgan fingerprint density at radius 3 is 0.787 bits per heavy atom. The van der Waals surface area contributed by atoms with Gasteiger partial charge in [0.15, 0.2) is 0 Å². The molecule has 0 radical (unpaired) electrons. The molecular formula is C95H110N10O31. The minimum Gasteiger partial charge on any atom is -0.466 e. The van der Waals surface area contributed by atoms with Crippen LogP contribution in [0.2, 0.25) is 0 Å². The zero-order valence-corrected chi connectivity index (χ0v) is 79.4. The standard InChI is InChI=1S/C21H26N2O7.C20H24N2O6.C19H22N2O6.C18H20N2O6.C17H18N2O6/c1-12(2)30-21(25)18-14(4)22-13(3)17(20(24)29-10-9-28-5)19(18)15-7-6-8-16(11-15)23(26)27;1-11(2)10-28-20(24)17-13(4)21-12(3)16(19(23)27-5)18(17)14-8-6-7-9-15(14)22(25)26;1-10(2)27-19(23)16-12(4)20-11(3)15(18(22)26-5)17(16)13-7-6-8-14(9-13)21(24)25;1-5-26-18(22)15-11(3)19-10(2)14(17(21)25-4)16(15)12-7-6-8-13(9-12)20(23)24;1-9-13(16(20)24-3)15(14(10(2)18-9)17(21)25-4)11-7-5-6-8-12(11)19(22)23/h6-8,11-12,19,22H,9-10H2,1-5H3;6-9,11,18,21H,10H2,1-5H3;6-10,17,20H,1-5H3;6-9,16,19H,5H2,1-4H3;5-8,15,18H,1-4H3. The third kappa shape index (κ3) is 26.6. The molecule has 5 aliphatic heterocycles. The summed E-state index contributed by atoms with van der Waals surface area (Å²) < 4.78 is 55.8. The van der Waals surface area contributed by atoms with Crippen LogP contribution in [0.3, 0.4) is 0 Å². The van der Waals surface area contributed by atoms with Crippen molar-refractivity contribution in [2.75, 3.05) is 69.1 Å². The first-order valence-electron chi connectivity index (χ1n) is 42.1. The first-order valence-corrected chi connectivity index (χ1v) is 42.1. The van der Waals surface area contributed by atoms with Gasteiger partial charge in [0.1, 0.15) is 6.61 Å². The number of dihydropyridines is 5. The minimum absolute atomic E-state index is 0.0300. The van der Waals surface area contributed by atoms with Gasteiger partial charge < -0.3 is 78.7 Å². The zero-order valence-electron chi connectivity index (χ0n) is 79.4. The molecule has 41 heteroatoms. The van der Waals surface area contributed by atoms with Crippen LogP contribution in [0.4, 0.5) is 28.4 Å². The van der Waals surface area contributed by atoms with Crippen molar-refractivity contribution < 1.29 is 125 Å². The number of carbonyl (C=O) groups is 10. The molecule has 0 fully saturated rings. The van der Waals surface area contributed by atoms with Crippen LogP contribution in [-0.2, 0) is 100 Å². The summed E-state index contributed by atoms with van der Waals surface area (Å²) >= 11 is 0. The van der Waals surface area contributed by atoms with E-state index in [1.165, 1.54) is 134 Å². The first kappa shape index (κ1) is 109. The van der Waals surface area contributed by atoms with Crippen molar-refractivity contribution in [2.24, 2.45) is 5.92 Å². The maximum Gasteiger partial charge on any atom is 0.337 e. The van der Waals surface area contributed by atoms with Gasteiger partial charge in [0.25, 0.3) is 28.4 Å². The minimum atomic E-state index is -0.977. The molecule has 0 saturated carbocycles. The highest BCUT2D eigenvalue weighted by molar-refractivity contribution is 6.04. The second kappa shape index (κ2) is 49.6. The summed E-state index contributed by atoms with van der Waals surface area (Å²) in [5.74, 6) is -10.7. The molecule has 0 saturated heterocycles. The van der Waals surface area contributed by atoms with Crippen molar-refractivity contribution in [3.63, 3.8) is 0 Å². The molecule has 5 aromatic carbocycles. The summed E-state index contributed by atoms with van der Waals surface area (Å²) in [5.41, 5.74) is 7.62. The number of para-hydroxylation sites is 2. The Labute approximate surface area is 782 Å². The van der Waals surface area contributed by atoms with Gasteiger partial charge in [-0.1, -0.05) is 86.6 Å². The van der Waals surface area contributed by atoms with E-state index in [-0.39, 0.29) is 140 Å². The van der Waals surface area contributed by atoms with Gasteiger partial charge in [0, 0.05) is 124 Å². The highest BCUT2D eigenvalue weighted by atomic mass is 16.7. The molecule has 0 bridgehead atoms. The van der Waals surface area contributed by atoms with Gasteiger partial charge >= 0.3 is 59.7 Å². The maximum absolute atomic E-state index is 12.9. The summed E-state index contributed by atoms with van der Waals surface area (Å²) in [6, 6.07) is 29.5. The first-order chi connectivity index (χ1) is 64.2. The van der Waals surface area contributed by atoms with E-state index >= 15 is 0 Å². The van der Waals surface area contributed by atoms with Crippen LogP contribution in [0.1, 0.15) is 175 Å². The van der Waals surface area contributed by atoms with E-state index in [9.17, 15) is 98.5 Å². The summed E-state index contributed by atoms with van der Waals surface area (Å²) in [5, 5.41) is 71.6. The Morgan fingerprint density at radius 2 is 0.544 bits per heavy atom. The van der Waals surface area contributed by atoms with Crippen LogP contribution >= 0.6 is 0 Å². The third-order valence-electron chi connectivity index (χ3n) is 21.1. The van der Waals surface area contributed by atoms with Crippen LogP contribution in [0, 0.1) is 56.5 Å². The van der Waals surface area contributed by atoms with E-state index in [0.717, 1.165) is 0 Å². The van der Waals surface area contributed by atoms with E-state index in [0.29, 0.717) is 73.7 Å². The highest BCUT2D eigenvalue weighted by Gasteiger charge is 2.46. The van der Waals surface area contributed by atoms with Gasteiger partial charge in [0.2, 0.25) is 0 Å².